The van der Waals surface area contributed by atoms with Gasteiger partial charge in [0.1, 0.15) is 5.82 Å². The number of benzene rings is 1. The first-order chi connectivity index (χ1) is 8.54. The second-order valence-electron chi connectivity index (χ2n) is 5.70. The Morgan fingerprint density at radius 2 is 1.83 bits per heavy atom. The minimum atomic E-state index is -0.0620. The maximum atomic E-state index is 13.7. The highest BCUT2D eigenvalue weighted by atomic mass is 19.1. The third-order valence-electron chi connectivity index (χ3n) is 4.13. The molecule has 0 amide bonds. The first-order valence-corrected chi connectivity index (χ1v) is 7.04. The van der Waals surface area contributed by atoms with E-state index < -0.39 is 0 Å². The largest absolute Gasteiger partial charge is 0.310 e. The third-order valence-corrected chi connectivity index (χ3v) is 4.13. The highest BCUT2D eigenvalue weighted by Gasteiger charge is 2.33. The summed E-state index contributed by atoms with van der Waals surface area (Å²) in [5.41, 5.74) is 2.76. The molecule has 1 aromatic rings. The zero-order valence-corrected chi connectivity index (χ0v) is 11.9. The molecule has 2 rings (SSSR count). The van der Waals surface area contributed by atoms with Crippen LogP contribution in [0.1, 0.15) is 49.4 Å². The van der Waals surface area contributed by atoms with Gasteiger partial charge in [0.05, 0.1) is 0 Å². The van der Waals surface area contributed by atoms with Gasteiger partial charge >= 0.3 is 0 Å². The average molecular weight is 249 g/mol. The van der Waals surface area contributed by atoms with Gasteiger partial charge in [0.25, 0.3) is 0 Å². The Bertz CT molecular complexity index is 400. The second kappa shape index (κ2) is 5.40. The molecule has 0 radical (unpaired) electrons. The van der Waals surface area contributed by atoms with E-state index in [0.29, 0.717) is 12.0 Å². The van der Waals surface area contributed by atoms with Crippen molar-refractivity contribution in [2.75, 3.05) is 6.54 Å². The van der Waals surface area contributed by atoms with E-state index in [1.165, 1.54) is 18.4 Å². The molecule has 2 atom stereocenters. The Morgan fingerprint density at radius 1 is 1.28 bits per heavy atom. The van der Waals surface area contributed by atoms with Crippen molar-refractivity contribution >= 4 is 0 Å². The molecule has 100 valence electrons. The molecule has 1 fully saturated rings. The van der Waals surface area contributed by atoms with Gasteiger partial charge in [-0.15, -0.1) is 0 Å². The summed E-state index contributed by atoms with van der Waals surface area (Å²) in [5, 5.41) is 3.57. The molecular formula is C16H24FN. The molecular weight excluding hydrogens is 225 g/mol. The topological polar surface area (TPSA) is 12.0 Å². The van der Waals surface area contributed by atoms with E-state index in [9.17, 15) is 4.39 Å². The zero-order chi connectivity index (χ0) is 13.3. The lowest BCUT2D eigenvalue weighted by Crippen LogP contribution is -2.28. The molecule has 2 heteroatoms. The molecule has 1 nitrogen and oxygen atoms in total. The van der Waals surface area contributed by atoms with Crippen LogP contribution in [0.3, 0.4) is 0 Å². The number of halogens is 1. The minimum Gasteiger partial charge on any atom is -0.310 e. The Morgan fingerprint density at radius 3 is 2.28 bits per heavy atom. The SMILES string of the molecule is CCNC(c1cc(C)c(F)c(C)c1)C(C)C1CC1. The van der Waals surface area contributed by atoms with E-state index in [4.69, 9.17) is 0 Å². The molecule has 0 aromatic heterocycles. The molecule has 1 aliphatic rings. The van der Waals surface area contributed by atoms with Crippen LogP contribution in [0.15, 0.2) is 12.1 Å². The third kappa shape index (κ3) is 2.74. The standard InChI is InChI=1S/C16H24FN/c1-5-18-16(12(4)13-6-7-13)14-8-10(2)15(17)11(3)9-14/h8-9,12-13,16,18H,5-7H2,1-4H3. The first-order valence-electron chi connectivity index (χ1n) is 7.04. The molecule has 0 bridgehead atoms. The Hall–Kier alpha value is -0.890. The van der Waals surface area contributed by atoms with Crippen molar-refractivity contribution < 1.29 is 4.39 Å². The Balaban J connectivity index is 2.29. The van der Waals surface area contributed by atoms with Crippen LogP contribution in [0, 0.1) is 31.5 Å². The summed E-state index contributed by atoms with van der Waals surface area (Å²) in [6.07, 6.45) is 2.70. The van der Waals surface area contributed by atoms with E-state index in [1.807, 2.05) is 26.0 Å². The lowest BCUT2D eigenvalue weighted by molar-refractivity contribution is 0.354. The fourth-order valence-corrected chi connectivity index (χ4v) is 2.88. The van der Waals surface area contributed by atoms with Gasteiger partial charge in [0.15, 0.2) is 0 Å². The van der Waals surface area contributed by atoms with Gasteiger partial charge in [0, 0.05) is 6.04 Å². The number of nitrogens with one attached hydrogen (secondary N) is 1. The van der Waals surface area contributed by atoms with E-state index in [1.54, 1.807) is 0 Å². The molecule has 1 N–H and O–H groups in total. The van der Waals surface area contributed by atoms with Crippen molar-refractivity contribution in [3.8, 4) is 0 Å². The van der Waals surface area contributed by atoms with Gasteiger partial charge in [0.2, 0.25) is 0 Å². The zero-order valence-electron chi connectivity index (χ0n) is 11.9. The Kier molecular flexibility index (Phi) is 4.06. The fourth-order valence-electron chi connectivity index (χ4n) is 2.88. The quantitative estimate of drug-likeness (QED) is 0.827. The van der Waals surface area contributed by atoms with Crippen molar-refractivity contribution in [1.29, 1.82) is 0 Å². The lowest BCUT2D eigenvalue weighted by Gasteiger charge is -2.26. The van der Waals surface area contributed by atoms with E-state index >= 15 is 0 Å². The van der Waals surface area contributed by atoms with Crippen LogP contribution in [0.4, 0.5) is 4.39 Å². The monoisotopic (exact) mass is 249 g/mol. The van der Waals surface area contributed by atoms with Crippen LogP contribution in [0.5, 0.6) is 0 Å². The molecule has 2 unspecified atom stereocenters. The molecule has 1 aromatic carbocycles. The second-order valence-corrected chi connectivity index (χ2v) is 5.70. The minimum absolute atomic E-state index is 0.0620. The van der Waals surface area contributed by atoms with Crippen molar-refractivity contribution in [1.82, 2.24) is 5.32 Å². The number of aryl methyl sites for hydroxylation is 2. The molecule has 1 aliphatic carbocycles. The molecule has 0 spiro atoms. The normalized spacial score (nSPS) is 18.7. The van der Waals surface area contributed by atoms with E-state index in [0.717, 1.165) is 23.6 Å². The van der Waals surface area contributed by atoms with Gasteiger partial charge in [-0.2, -0.15) is 0 Å². The first kappa shape index (κ1) is 13.5. The van der Waals surface area contributed by atoms with Gasteiger partial charge in [-0.1, -0.05) is 26.0 Å². The van der Waals surface area contributed by atoms with Crippen LogP contribution in [-0.4, -0.2) is 6.54 Å². The summed E-state index contributed by atoms with van der Waals surface area (Å²) >= 11 is 0. The van der Waals surface area contributed by atoms with Gasteiger partial charge in [-0.05, 0) is 61.8 Å². The van der Waals surface area contributed by atoms with Crippen LogP contribution < -0.4 is 5.32 Å². The summed E-state index contributed by atoms with van der Waals surface area (Å²) in [6.45, 7) is 9.12. The maximum Gasteiger partial charge on any atom is 0.129 e. The van der Waals surface area contributed by atoms with E-state index in [-0.39, 0.29) is 5.82 Å². The molecule has 0 heterocycles. The van der Waals surface area contributed by atoms with Crippen LogP contribution in [0.2, 0.25) is 0 Å². The highest BCUT2D eigenvalue weighted by Crippen LogP contribution is 2.42. The summed E-state index contributed by atoms with van der Waals surface area (Å²) in [4.78, 5) is 0. The number of rotatable bonds is 5. The lowest BCUT2D eigenvalue weighted by atomic mass is 9.89. The van der Waals surface area contributed by atoms with Crippen LogP contribution >= 0.6 is 0 Å². The number of hydrogen-bond acceptors (Lipinski definition) is 1. The Labute approximate surface area is 110 Å². The molecule has 18 heavy (non-hydrogen) atoms. The summed E-state index contributed by atoms with van der Waals surface area (Å²) in [5.74, 6) is 1.42. The summed E-state index contributed by atoms with van der Waals surface area (Å²) in [6, 6.07) is 4.38. The fraction of sp³-hybridized carbons (Fsp3) is 0.625. The molecule has 1 saturated carbocycles. The van der Waals surface area contributed by atoms with Gasteiger partial charge in [-0.25, -0.2) is 4.39 Å². The van der Waals surface area contributed by atoms with Crippen molar-refractivity contribution in [3.63, 3.8) is 0 Å². The predicted octanol–water partition coefficient (Wildman–Crippen LogP) is 4.14. The molecule has 0 aliphatic heterocycles. The van der Waals surface area contributed by atoms with Gasteiger partial charge in [-0.3, -0.25) is 0 Å². The van der Waals surface area contributed by atoms with E-state index in [2.05, 4.69) is 19.2 Å². The summed E-state index contributed by atoms with van der Waals surface area (Å²) in [7, 11) is 0. The predicted molar refractivity (Wildman–Crippen MR) is 74.2 cm³/mol. The average Bonchev–Trinajstić information content (AvgIpc) is 3.15. The maximum absolute atomic E-state index is 13.7. The highest BCUT2D eigenvalue weighted by molar-refractivity contribution is 5.33. The van der Waals surface area contributed by atoms with Crippen LogP contribution in [0.25, 0.3) is 0 Å². The molecule has 0 saturated heterocycles. The van der Waals surface area contributed by atoms with Crippen molar-refractivity contribution in [2.24, 2.45) is 11.8 Å². The summed E-state index contributed by atoms with van der Waals surface area (Å²) < 4.78 is 13.7. The van der Waals surface area contributed by atoms with Crippen LogP contribution in [-0.2, 0) is 0 Å². The smallest absolute Gasteiger partial charge is 0.129 e. The van der Waals surface area contributed by atoms with Crippen molar-refractivity contribution in [3.05, 3.63) is 34.6 Å². The van der Waals surface area contributed by atoms with Gasteiger partial charge < -0.3 is 5.32 Å². The van der Waals surface area contributed by atoms with Crippen molar-refractivity contribution in [2.45, 2.75) is 46.6 Å². The number of hydrogen-bond donors (Lipinski definition) is 1.